The van der Waals surface area contributed by atoms with Crippen LogP contribution in [0, 0.1) is 0 Å². The van der Waals surface area contributed by atoms with Gasteiger partial charge in [-0.25, -0.2) is 0 Å². The van der Waals surface area contributed by atoms with Crippen molar-refractivity contribution in [1.82, 2.24) is 4.90 Å². The minimum absolute atomic E-state index is 0.128. The van der Waals surface area contributed by atoms with Crippen molar-refractivity contribution in [2.45, 2.75) is 13.3 Å². The molecule has 0 bridgehead atoms. The van der Waals surface area contributed by atoms with Crippen molar-refractivity contribution in [1.29, 1.82) is 0 Å². The Bertz CT molecular complexity index is 981. The molecule has 0 unspecified atom stereocenters. The van der Waals surface area contributed by atoms with Crippen molar-refractivity contribution < 1.29 is 28.7 Å². The molecule has 0 aliphatic carbocycles. The number of benzene rings is 2. The highest BCUT2D eigenvalue weighted by molar-refractivity contribution is 6.21. The maximum absolute atomic E-state index is 12.2. The van der Waals surface area contributed by atoms with Gasteiger partial charge in [0, 0.05) is 24.8 Å². The van der Waals surface area contributed by atoms with E-state index < -0.39 is 30.3 Å². The van der Waals surface area contributed by atoms with Crippen molar-refractivity contribution in [3.8, 4) is 0 Å². The van der Waals surface area contributed by atoms with Gasteiger partial charge in [0.05, 0.1) is 17.5 Å². The van der Waals surface area contributed by atoms with E-state index in [1.54, 1.807) is 48.5 Å². The lowest BCUT2D eigenvalue weighted by atomic mass is 10.1. The second kappa shape index (κ2) is 8.99. The van der Waals surface area contributed by atoms with E-state index in [4.69, 9.17) is 4.74 Å². The molecular formula is C21H19N3O6. The zero-order chi connectivity index (χ0) is 21.7. The van der Waals surface area contributed by atoms with Crippen LogP contribution >= 0.6 is 0 Å². The first-order valence-corrected chi connectivity index (χ1v) is 9.13. The molecule has 9 nitrogen and oxygen atoms in total. The molecular weight excluding hydrogens is 390 g/mol. The summed E-state index contributed by atoms with van der Waals surface area (Å²) in [5, 5.41) is 5.16. The summed E-state index contributed by atoms with van der Waals surface area (Å²) in [6, 6.07) is 12.8. The van der Waals surface area contributed by atoms with Crippen LogP contribution in [-0.4, -0.2) is 47.6 Å². The molecule has 0 spiro atoms. The number of nitrogens with zero attached hydrogens (tertiary/aromatic N) is 1. The topological polar surface area (TPSA) is 122 Å². The van der Waals surface area contributed by atoms with Crippen LogP contribution in [0.1, 0.15) is 34.1 Å². The van der Waals surface area contributed by atoms with Gasteiger partial charge in [0.1, 0.15) is 0 Å². The molecule has 0 aromatic heterocycles. The number of carbonyl (C=O) groups is 5. The van der Waals surface area contributed by atoms with Crippen molar-refractivity contribution in [3.63, 3.8) is 0 Å². The first-order valence-electron chi connectivity index (χ1n) is 9.13. The first kappa shape index (κ1) is 20.7. The lowest BCUT2D eigenvalue weighted by Crippen LogP contribution is -2.32. The van der Waals surface area contributed by atoms with Crippen LogP contribution in [0.15, 0.2) is 48.5 Å². The average molecular weight is 409 g/mol. The molecule has 2 N–H and O–H groups in total. The Morgan fingerprint density at radius 2 is 1.40 bits per heavy atom. The number of anilines is 2. The molecule has 0 saturated heterocycles. The van der Waals surface area contributed by atoms with Gasteiger partial charge in [-0.05, 0) is 36.4 Å². The number of hydrogen-bond donors (Lipinski definition) is 2. The van der Waals surface area contributed by atoms with E-state index in [2.05, 4.69) is 10.6 Å². The third-order valence-electron chi connectivity index (χ3n) is 4.27. The molecule has 3 rings (SSSR count). The van der Waals surface area contributed by atoms with E-state index in [1.165, 1.54) is 6.92 Å². The Balaban J connectivity index is 1.43. The highest BCUT2D eigenvalue weighted by Gasteiger charge is 2.35. The van der Waals surface area contributed by atoms with Crippen molar-refractivity contribution in [3.05, 3.63) is 59.7 Å². The number of fused-ring (bicyclic) bond motifs is 1. The van der Waals surface area contributed by atoms with Gasteiger partial charge in [0.15, 0.2) is 6.61 Å². The smallest absolute Gasteiger partial charge is 0.308 e. The predicted molar refractivity (Wildman–Crippen MR) is 107 cm³/mol. The van der Waals surface area contributed by atoms with E-state index in [1.807, 2.05) is 0 Å². The Kier molecular flexibility index (Phi) is 6.21. The van der Waals surface area contributed by atoms with Gasteiger partial charge in [0.25, 0.3) is 17.7 Å². The van der Waals surface area contributed by atoms with Crippen LogP contribution in [0.4, 0.5) is 11.4 Å². The number of esters is 1. The molecule has 0 radical (unpaired) electrons. The second-order valence-corrected chi connectivity index (χ2v) is 6.52. The summed E-state index contributed by atoms with van der Waals surface area (Å²) in [7, 11) is 0. The van der Waals surface area contributed by atoms with Crippen LogP contribution in [0.5, 0.6) is 0 Å². The number of imide groups is 1. The molecule has 1 aliphatic heterocycles. The molecule has 4 amide bonds. The SMILES string of the molecule is CC(=O)Nc1ccc(NC(=O)COC(=O)CCN2C(=O)c3ccccc3C2=O)cc1. The Morgan fingerprint density at radius 3 is 1.93 bits per heavy atom. The lowest BCUT2D eigenvalue weighted by molar-refractivity contribution is -0.147. The van der Waals surface area contributed by atoms with Gasteiger partial charge >= 0.3 is 5.97 Å². The van der Waals surface area contributed by atoms with E-state index in [0.717, 1.165) is 4.90 Å². The third kappa shape index (κ3) is 4.88. The fourth-order valence-corrected chi connectivity index (χ4v) is 2.90. The highest BCUT2D eigenvalue weighted by atomic mass is 16.5. The largest absolute Gasteiger partial charge is 0.456 e. The zero-order valence-electron chi connectivity index (χ0n) is 16.1. The van der Waals surface area contributed by atoms with E-state index in [9.17, 15) is 24.0 Å². The third-order valence-corrected chi connectivity index (χ3v) is 4.27. The van der Waals surface area contributed by atoms with Crippen LogP contribution < -0.4 is 10.6 Å². The fourth-order valence-electron chi connectivity index (χ4n) is 2.90. The molecule has 2 aromatic carbocycles. The molecule has 0 fully saturated rings. The first-order chi connectivity index (χ1) is 14.3. The molecule has 9 heteroatoms. The number of amides is 4. The summed E-state index contributed by atoms with van der Waals surface area (Å²) in [4.78, 5) is 60.3. The highest BCUT2D eigenvalue weighted by Crippen LogP contribution is 2.22. The Morgan fingerprint density at radius 1 is 0.867 bits per heavy atom. The van der Waals surface area contributed by atoms with Crippen LogP contribution in [0.2, 0.25) is 0 Å². The number of rotatable bonds is 7. The van der Waals surface area contributed by atoms with Crippen molar-refractivity contribution in [2.75, 3.05) is 23.8 Å². The van der Waals surface area contributed by atoms with E-state index in [0.29, 0.717) is 22.5 Å². The van der Waals surface area contributed by atoms with E-state index >= 15 is 0 Å². The van der Waals surface area contributed by atoms with Crippen LogP contribution in [-0.2, 0) is 19.1 Å². The minimum atomic E-state index is -0.706. The zero-order valence-corrected chi connectivity index (χ0v) is 16.1. The molecule has 1 aliphatic rings. The molecule has 1 heterocycles. The van der Waals surface area contributed by atoms with Crippen molar-refractivity contribution >= 4 is 41.0 Å². The van der Waals surface area contributed by atoms with Gasteiger partial charge in [-0.3, -0.25) is 28.9 Å². The van der Waals surface area contributed by atoms with Gasteiger partial charge < -0.3 is 15.4 Å². The number of ether oxygens (including phenoxy) is 1. The number of nitrogens with one attached hydrogen (secondary N) is 2. The summed E-state index contributed by atoms with van der Waals surface area (Å²) in [5.41, 5.74) is 1.66. The molecule has 0 saturated carbocycles. The lowest BCUT2D eigenvalue weighted by Gasteiger charge is -2.13. The van der Waals surface area contributed by atoms with Crippen molar-refractivity contribution in [2.24, 2.45) is 0 Å². The van der Waals surface area contributed by atoms with Crippen LogP contribution in [0.3, 0.4) is 0 Å². The van der Waals surface area contributed by atoms with Gasteiger partial charge in [-0.1, -0.05) is 12.1 Å². The maximum Gasteiger partial charge on any atom is 0.308 e. The number of hydrogen-bond acceptors (Lipinski definition) is 6. The summed E-state index contributed by atoms with van der Waals surface area (Å²) in [5.74, 6) is -2.37. The summed E-state index contributed by atoms with van der Waals surface area (Å²) in [6.07, 6.45) is -0.218. The predicted octanol–water partition coefficient (Wildman–Crippen LogP) is 1.81. The minimum Gasteiger partial charge on any atom is -0.456 e. The summed E-state index contributed by atoms with van der Waals surface area (Å²) < 4.78 is 4.90. The molecule has 2 aromatic rings. The van der Waals surface area contributed by atoms with E-state index in [-0.39, 0.29) is 18.9 Å². The van der Waals surface area contributed by atoms with Gasteiger partial charge in [0.2, 0.25) is 5.91 Å². The number of carbonyl (C=O) groups excluding carboxylic acids is 5. The molecule has 30 heavy (non-hydrogen) atoms. The average Bonchev–Trinajstić information content (AvgIpc) is 2.96. The summed E-state index contributed by atoms with van der Waals surface area (Å²) >= 11 is 0. The fraction of sp³-hybridized carbons (Fsp3) is 0.190. The standard InChI is InChI=1S/C21H19N3O6/c1-13(25)22-14-6-8-15(9-7-14)23-18(26)12-30-19(27)10-11-24-20(28)16-4-2-3-5-17(16)21(24)29/h2-9H,10-12H2,1H3,(H,22,25)(H,23,26). The summed E-state index contributed by atoms with van der Waals surface area (Å²) in [6.45, 7) is 0.754. The normalized spacial score (nSPS) is 12.4. The Hall–Kier alpha value is -4.01. The van der Waals surface area contributed by atoms with Gasteiger partial charge in [-0.15, -0.1) is 0 Å². The second-order valence-electron chi connectivity index (χ2n) is 6.52. The monoisotopic (exact) mass is 409 g/mol. The van der Waals surface area contributed by atoms with Crippen LogP contribution in [0.25, 0.3) is 0 Å². The quantitative estimate of drug-likeness (QED) is 0.531. The molecule has 154 valence electrons. The van der Waals surface area contributed by atoms with Gasteiger partial charge in [-0.2, -0.15) is 0 Å². The Labute approximate surface area is 172 Å². The maximum atomic E-state index is 12.2. The molecule has 0 atom stereocenters.